The van der Waals surface area contributed by atoms with Crippen molar-refractivity contribution in [3.05, 3.63) is 53.7 Å². The van der Waals surface area contributed by atoms with Gasteiger partial charge in [-0.15, -0.1) is 0 Å². The van der Waals surface area contributed by atoms with E-state index in [1.807, 2.05) is 37.3 Å². The molecule has 2 N–H and O–H groups in total. The average Bonchev–Trinajstić information content (AvgIpc) is 2.40. The molecule has 2 rings (SSSR count). The minimum atomic E-state index is 0.399. The summed E-state index contributed by atoms with van der Waals surface area (Å²) in [6.07, 6.45) is 0. The van der Waals surface area contributed by atoms with E-state index in [9.17, 15) is 0 Å². The van der Waals surface area contributed by atoms with Crippen molar-refractivity contribution in [1.29, 1.82) is 0 Å². The normalized spacial score (nSPS) is 10.2. The molecule has 0 unspecified atom stereocenters. The summed E-state index contributed by atoms with van der Waals surface area (Å²) in [6.45, 7) is 4.87. The third-order valence-corrected chi connectivity index (χ3v) is 3.12. The number of anilines is 2. The highest BCUT2D eigenvalue weighted by Gasteiger charge is 2.10. The van der Waals surface area contributed by atoms with Gasteiger partial charge in [0.2, 0.25) is 0 Å². The van der Waals surface area contributed by atoms with Crippen LogP contribution >= 0.6 is 12.2 Å². The Hall–Kier alpha value is -1.94. The SMILES string of the molecule is CCN(c1ccccc1)c1cc(C(N)=S)cc(C)n1. The Balaban J connectivity index is 2.47. The standard InChI is InChI=1S/C15H17N3S/c1-3-18(13-7-5-4-6-8-13)14-10-12(15(16)19)9-11(2)17-14/h4-10H,3H2,1-2H3,(H2,16,19). The molecular weight excluding hydrogens is 254 g/mol. The molecule has 98 valence electrons. The topological polar surface area (TPSA) is 42.1 Å². The van der Waals surface area contributed by atoms with Gasteiger partial charge in [-0.2, -0.15) is 0 Å². The number of para-hydroxylation sites is 1. The van der Waals surface area contributed by atoms with Gasteiger partial charge in [0.1, 0.15) is 10.8 Å². The van der Waals surface area contributed by atoms with Gasteiger partial charge in [-0.1, -0.05) is 30.4 Å². The lowest BCUT2D eigenvalue weighted by Gasteiger charge is -2.23. The lowest BCUT2D eigenvalue weighted by atomic mass is 10.2. The van der Waals surface area contributed by atoms with Gasteiger partial charge in [0.05, 0.1) is 0 Å². The fraction of sp³-hybridized carbons (Fsp3) is 0.200. The fourth-order valence-corrected chi connectivity index (χ4v) is 2.13. The number of rotatable bonds is 4. The monoisotopic (exact) mass is 271 g/mol. The summed E-state index contributed by atoms with van der Waals surface area (Å²) in [5, 5.41) is 0. The van der Waals surface area contributed by atoms with Crippen molar-refractivity contribution in [2.75, 3.05) is 11.4 Å². The molecule has 0 amide bonds. The molecule has 0 saturated carbocycles. The molecule has 1 heterocycles. The minimum absolute atomic E-state index is 0.399. The van der Waals surface area contributed by atoms with Crippen molar-refractivity contribution in [1.82, 2.24) is 4.98 Å². The molecule has 0 saturated heterocycles. The number of nitrogens with zero attached hydrogens (tertiary/aromatic N) is 2. The average molecular weight is 271 g/mol. The minimum Gasteiger partial charge on any atom is -0.389 e. The zero-order valence-corrected chi connectivity index (χ0v) is 11.9. The maximum absolute atomic E-state index is 5.72. The first-order valence-corrected chi connectivity index (χ1v) is 6.63. The largest absolute Gasteiger partial charge is 0.389 e. The molecule has 4 heteroatoms. The van der Waals surface area contributed by atoms with Crippen molar-refractivity contribution in [2.45, 2.75) is 13.8 Å². The van der Waals surface area contributed by atoms with Crippen LogP contribution in [-0.4, -0.2) is 16.5 Å². The molecule has 0 fully saturated rings. The van der Waals surface area contributed by atoms with Crippen LogP contribution in [0.4, 0.5) is 11.5 Å². The Morgan fingerprint density at radius 1 is 1.26 bits per heavy atom. The van der Waals surface area contributed by atoms with Gasteiger partial charge in [-0.05, 0) is 38.1 Å². The third-order valence-electron chi connectivity index (χ3n) is 2.89. The van der Waals surface area contributed by atoms with Crippen molar-refractivity contribution in [3.8, 4) is 0 Å². The third kappa shape index (κ3) is 3.09. The molecule has 0 aliphatic heterocycles. The van der Waals surface area contributed by atoms with Crippen molar-refractivity contribution < 1.29 is 0 Å². The van der Waals surface area contributed by atoms with Crippen LogP contribution in [0.15, 0.2) is 42.5 Å². The van der Waals surface area contributed by atoms with E-state index >= 15 is 0 Å². The van der Waals surface area contributed by atoms with E-state index in [-0.39, 0.29) is 0 Å². The van der Waals surface area contributed by atoms with E-state index in [0.717, 1.165) is 29.3 Å². The summed E-state index contributed by atoms with van der Waals surface area (Å²) in [5.41, 5.74) is 8.59. The number of hydrogen-bond acceptors (Lipinski definition) is 3. The zero-order valence-electron chi connectivity index (χ0n) is 11.1. The first-order chi connectivity index (χ1) is 9.11. The zero-order chi connectivity index (χ0) is 13.8. The van der Waals surface area contributed by atoms with E-state index < -0.39 is 0 Å². The van der Waals surface area contributed by atoms with Crippen LogP contribution in [0.5, 0.6) is 0 Å². The fourth-order valence-electron chi connectivity index (χ4n) is 2.02. The molecule has 3 nitrogen and oxygen atoms in total. The van der Waals surface area contributed by atoms with Crippen molar-refractivity contribution >= 4 is 28.7 Å². The smallest absolute Gasteiger partial charge is 0.133 e. The van der Waals surface area contributed by atoms with E-state index in [2.05, 4.69) is 28.9 Å². The molecule has 0 atom stereocenters. The maximum Gasteiger partial charge on any atom is 0.133 e. The summed E-state index contributed by atoms with van der Waals surface area (Å²) in [5.74, 6) is 0.872. The molecule has 0 spiro atoms. The van der Waals surface area contributed by atoms with Crippen LogP contribution in [0.3, 0.4) is 0 Å². The Kier molecular flexibility index (Phi) is 4.12. The van der Waals surface area contributed by atoms with Crippen LogP contribution in [-0.2, 0) is 0 Å². The first-order valence-electron chi connectivity index (χ1n) is 6.23. The van der Waals surface area contributed by atoms with E-state index in [4.69, 9.17) is 18.0 Å². The summed E-state index contributed by atoms with van der Waals surface area (Å²) in [7, 11) is 0. The number of pyridine rings is 1. The molecule has 0 bridgehead atoms. The van der Waals surface area contributed by atoms with Gasteiger partial charge in [-0.25, -0.2) is 4.98 Å². The highest BCUT2D eigenvalue weighted by atomic mass is 32.1. The first kappa shape index (κ1) is 13.5. The summed E-state index contributed by atoms with van der Waals surface area (Å²) in [6, 6.07) is 14.0. The van der Waals surface area contributed by atoms with Crippen LogP contribution in [0.25, 0.3) is 0 Å². The van der Waals surface area contributed by atoms with Gasteiger partial charge in [-0.3, -0.25) is 0 Å². The number of nitrogens with two attached hydrogens (primary N) is 1. The molecular formula is C15H17N3S. The van der Waals surface area contributed by atoms with Crippen LogP contribution in [0.2, 0.25) is 0 Å². The van der Waals surface area contributed by atoms with Crippen LogP contribution < -0.4 is 10.6 Å². The van der Waals surface area contributed by atoms with Crippen molar-refractivity contribution in [2.24, 2.45) is 5.73 Å². The van der Waals surface area contributed by atoms with Gasteiger partial charge in [0.25, 0.3) is 0 Å². The molecule has 2 aromatic rings. The number of aryl methyl sites for hydroxylation is 1. The number of aromatic nitrogens is 1. The van der Waals surface area contributed by atoms with E-state index in [0.29, 0.717) is 4.99 Å². The number of hydrogen-bond donors (Lipinski definition) is 1. The Labute approximate surface area is 119 Å². The molecule has 0 aliphatic carbocycles. The highest BCUT2D eigenvalue weighted by Crippen LogP contribution is 2.24. The van der Waals surface area contributed by atoms with Gasteiger partial charge in [0.15, 0.2) is 0 Å². The second-order valence-corrected chi connectivity index (χ2v) is 4.74. The molecule has 1 aromatic carbocycles. The van der Waals surface area contributed by atoms with Crippen molar-refractivity contribution in [3.63, 3.8) is 0 Å². The Morgan fingerprint density at radius 2 is 1.95 bits per heavy atom. The predicted octanol–water partition coefficient (Wildman–Crippen LogP) is 3.18. The summed E-state index contributed by atoms with van der Waals surface area (Å²) < 4.78 is 0. The molecule has 1 aromatic heterocycles. The van der Waals surface area contributed by atoms with Crippen LogP contribution in [0.1, 0.15) is 18.2 Å². The summed E-state index contributed by atoms with van der Waals surface area (Å²) >= 11 is 5.05. The maximum atomic E-state index is 5.72. The highest BCUT2D eigenvalue weighted by molar-refractivity contribution is 7.80. The number of thiocarbonyl (C=S) groups is 1. The Bertz CT molecular complexity index is 581. The lowest BCUT2D eigenvalue weighted by Crippen LogP contribution is -2.19. The second-order valence-electron chi connectivity index (χ2n) is 4.30. The van der Waals surface area contributed by atoms with Crippen LogP contribution in [0, 0.1) is 6.92 Å². The van der Waals surface area contributed by atoms with Gasteiger partial charge >= 0.3 is 0 Å². The van der Waals surface area contributed by atoms with Gasteiger partial charge < -0.3 is 10.6 Å². The molecule has 19 heavy (non-hydrogen) atoms. The lowest BCUT2D eigenvalue weighted by molar-refractivity contribution is 0.978. The second kappa shape index (κ2) is 5.80. The van der Waals surface area contributed by atoms with E-state index in [1.54, 1.807) is 0 Å². The van der Waals surface area contributed by atoms with Gasteiger partial charge in [0, 0.05) is 23.5 Å². The summed E-state index contributed by atoms with van der Waals surface area (Å²) in [4.78, 5) is 7.11. The number of benzene rings is 1. The predicted molar refractivity (Wildman–Crippen MR) is 84.0 cm³/mol. The Morgan fingerprint density at radius 3 is 2.53 bits per heavy atom. The molecule has 0 aliphatic rings. The quantitative estimate of drug-likeness (QED) is 0.867. The van der Waals surface area contributed by atoms with E-state index in [1.165, 1.54) is 0 Å². The molecule has 0 radical (unpaired) electrons.